The van der Waals surface area contributed by atoms with E-state index >= 15 is 0 Å². The SMILES string of the molecule is CNCCN(C)C(=O)c1c(C)nn(-c2ccccc2)c1C. The molecule has 0 atom stereocenters. The lowest BCUT2D eigenvalue weighted by atomic mass is 10.1. The van der Waals surface area contributed by atoms with E-state index in [1.807, 2.05) is 63.0 Å². The normalized spacial score (nSPS) is 10.7. The zero-order valence-electron chi connectivity index (χ0n) is 13.1. The van der Waals surface area contributed by atoms with E-state index in [1.54, 1.807) is 4.90 Å². The summed E-state index contributed by atoms with van der Waals surface area (Å²) in [5.74, 6) is 0.0161. The molecule has 5 nitrogen and oxygen atoms in total. The van der Waals surface area contributed by atoms with Gasteiger partial charge in [0.15, 0.2) is 0 Å². The smallest absolute Gasteiger partial charge is 0.257 e. The lowest BCUT2D eigenvalue weighted by molar-refractivity contribution is 0.0795. The largest absolute Gasteiger partial charge is 0.340 e. The Hall–Kier alpha value is -2.14. The average Bonchev–Trinajstić information content (AvgIpc) is 2.80. The first-order valence-electron chi connectivity index (χ1n) is 7.08. The molecule has 2 rings (SSSR count). The molecule has 0 aliphatic rings. The molecule has 1 heterocycles. The molecule has 21 heavy (non-hydrogen) atoms. The first-order chi connectivity index (χ1) is 10.1. The van der Waals surface area contributed by atoms with Crippen LogP contribution in [0.4, 0.5) is 0 Å². The molecule has 0 fully saturated rings. The Balaban J connectivity index is 2.34. The van der Waals surface area contributed by atoms with Gasteiger partial charge in [-0.05, 0) is 33.0 Å². The van der Waals surface area contributed by atoms with Gasteiger partial charge < -0.3 is 10.2 Å². The van der Waals surface area contributed by atoms with E-state index in [2.05, 4.69) is 10.4 Å². The second-order valence-electron chi connectivity index (χ2n) is 5.12. The summed E-state index contributed by atoms with van der Waals surface area (Å²) in [6.07, 6.45) is 0. The zero-order chi connectivity index (χ0) is 15.4. The molecular formula is C16H22N4O. The quantitative estimate of drug-likeness (QED) is 0.911. The van der Waals surface area contributed by atoms with Gasteiger partial charge in [0.1, 0.15) is 0 Å². The molecule has 0 saturated carbocycles. The van der Waals surface area contributed by atoms with E-state index in [4.69, 9.17) is 0 Å². The van der Waals surface area contributed by atoms with Gasteiger partial charge in [0.2, 0.25) is 0 Å². The number of aryl methyl sites for hydroxylation is 1. The molecule has 112 valence electrons. The van der Waals surface area contributed by atoms with Gasteiger partial charge in [0, 0.05) is 20.1 Å². The predicted molar refractivity (Wildman–Crippen MR) is 83.9 cm³/mol. The van der Waals surface area contributed by atoms with Gasteiger partial charge in [0.25, 0.3) is 5.91 Å². The van der Waals surface area contributed by atoms with Gasteiger partial charge in [-0.15, -0.1) is 0 Å². The molecule has 2 aromatic rings. The van der Waals surface area contributed by atoms with Crippen LogP contribution < -0.4 is 5.32 Å². The maximum Gasteiger partial charge on any atom is 0.257 e. The van der Waals surface area contributed by atoms with Crippen LogP contribution in [-0.4, -0.2) is 47.8 Å². The Kier molecular flexibility index (Phi) is 4.75. The molecule has 0 aliphatic carbocycles. The summed E-state index contributed by atoms with van der Waals surface area (Å²) in [4.78, 5) is 14.3. The van der Waals surface area contributed by atoms with Crippen molar-refractivity contribution in [1.29, 1.82) is 0 Å². The number of carbonyl (C=O) groups is 1. The van der Waals surface area contributed by atoms with E-state index < -0.39 is 0 Å². The third kappa shape index (κ3) is 3.13. The highest BCUT2D eigenvalue weighted by Crippen LogP contribution is 2.19. The first-order valence-corrected chi connectivity index (χ1v) is 7.08. The van der Waals surface area contributed by atoms with Crippen LogP contribution in [0.15, 0.2) is 30.3 Å². The van der Waals surface area contributed by atoms with Crippen LogP contribution >= 0.6 is 0 Å². The Labute approximate surface area is 125 Å². The number of hydrogen-bond acceptors (Lipinski definition) is 3. The summed E-state index contributed by atoms with van der Waals surface area (Å²) in [6.45, 7) is 5.26. The highest BCUT2D eigenvalue weighted by Gasteiger charge is 2.21. The van der Waals surface area contributed by atoms with Crippen LogP contribution in [0.2, 0.25) is 0 Å². The minimum Gasteiger partial charge on any atom is -0.340 e. The van der Waals surface area contributed by atoms with Crippen molar-refractivity contribution in [3.8, 4) is 5.69 Å². The molecule has 0 bridgehead atoms. The second kappa shape index (κ2) is 6.54. The summed E-state index contributed by atoms with van der Waals surface area (Å²) >= 11 is 0. The van der Waals surface area contributed by atoms with Crippen molar-refractivity contribution in [1.82, 2.24) is 20.0 Å². The van der Waals surface area contributed by atoms with Crippen LogP contribution in [-0.2, 0) is 0 Å². The predicted octanol–water partition coefficient (Wildman–Crippen LogP) is 1.78. The van der Waals surface area contributed by atoms with Crippen molar-refractivity contribution in [2.75, 3.05) is 27.2 Å². The van der Waals surface area contributed by atoms with Gasteiger partial charge in [-0.2, -0.15) is 5.10 Å². The maximum absolute atomic E-state index is 12.6. The summed E-state index contributed by atoms with van der Waals surface area (Å²) in [6, 6.07) is 9.86. The number of aromatic nitrogens is 2. The molecule has 0 saturated heterocycles. The number of para-hydroxylation sites is 1. The molecule has 0 spiro atoms. The van der Waals surface area contributed by atoms with Gasteiger partial charge in [0.05, 0.1) is 22.6 Å². The summed E-state index contributed by atoms with van der Waals surface area (Å²) < 4.78 is 1.83. The van der Waals surface area contributed by atoms with Gasteiger partial charge in [-0.25, -0.2) is 4.68 Å². The Bertz CT molecular complexity index is 619. The van der Waals surface area contributed by atoms with Crippen LogP contribution in [0.1, 0.15) is 21.7 Å². The highest BCUT2D eigenvalue weighted by atomic mass is 16.2. The third-order valence-corrected chi connectivity index (χ3v) is 3.55. The van der Waals surface area contributed by atoms with E-state index in [0.717, 1.165) is 23.6 Å². The van der Waals surface area contributed by atoms with Crippen molar-refractivity contribution in [3.05, 3.63) is 47.3 Å². The van der Waals surface area contributed by atoms with E-state index in [1.165, 1.54) is 0 Å². The Morgan fingerprint density at radius 2 is 1.95 bits per heavy atom. The minimum atomic E-state index is 0.0161. The van der Waals surface area contributed by atoms with Crippen LogP contribution in [0.5, 0.6) is 0 Å². The molecule has 1 aromatic carbocycles. The van der Waals surface area contributed by atoms with Gasteiger partial charge in [-0.1, -0.05) is 18.2 Å². The fourth-order valence-corrected chi connectivity index (χ4v) is 2.34. The van der Waals surface area contributed by atoms with Crippen molar-refractivity contribution < 1.29 is 4.79 Å². The molecular weight excluding hydrogens is 264 g/mol. The molecule has 0 unspecified atom stereocenters. The molecule has 1 amide bonds. The minimum absolute atomic E-state index is 0.0161. The summed E-state index contributed by atoms with van der Waals surface area (Å²) in [5, 5.41) is 7.57. The molecule has 5 heteroatoms. The number of carbonyl (C=O) groups excluding carboxylic acids is 1. The topological polar surface area (TPSA) is 50.2 Å². The van der Waals surface area contributed by atoms with Gasteiger partial charge in [-0.3, -0.25) is 4.79 Å². The van der Waals surface area contributed by atoms with Crippen molar-refractivity contribution in [3.63, 3.8) is 0 Å². The lowest BCUT2D eigenvalue weighted by Gasteiger charge is -2.17. The highest BCUT2D eigenvalue weighted by molar-refractivity contribution is 5.96. The number of nitrogens with zero attached hydrogens (tertiary/aromatic N) is 3. The molecule has 0 aliphatic heterocycles. The zero-order valence-corrected chi connectivity index (χ0v) is 13.1. The molecule has 1 aromatic heterocycles. The Morgan fingerprint density at radius 1 is 1.29 bits per heavy atom. The fraction of sp³-hybridized carbons (Fsp3) is 0.375. The summed E-state index contributed by atoms with van der Waals surface area (Å²) in [5.41, 5.74) is 3.30. The van der Waals surface area contributed by atoms with Gasteiger partial charge >= 0.3 is 0 Å². The van der Waals surface area contributed by atoms with E-state index in [0.29, 0.717) is 12.1 Å². The van der Waals surface area contributed by atoms with Crippen molar-refractivity contribution in [2.45, 2.75) is 13.8 Å². The number of rotatable bonds is 5. The third-order valence-electron chi connectivity index (χ3n) is 3.55. The average molecular weight is 286 g/mol. The Morgan fingerprint density at radius 3 is 2.57 bits per heavy atom. The van der Waals surface area contributed by atoms with Crippen molar-refractivity contribution in [2.24, 2.45) is 0 Å². The van der Waals surface area contributed by atoms with Crippen LogP contribution in [0.3, 0.4) is 0 Å². The monoisotopic (exact) mass is 286 g/mol. The molecule has 0 radical (unpaired) electrons. The number of nitrogens with one attached hydrogen (secondary N) is 1. The van der Waals surface area contributed by atoms with E-state index in [9.17, 15) is 4.79 Å². The first kappa shape index (κ1) is 15.3. The summed E-state index contributed by atoms with van der Waals surface area (Å²) in [7, 11) is 3.70. The molecule has 1 N–H and O–H groups in total. The second-order valence-corrected chi connectivity index (χ2v) is 5.12. The van der Waals surface area contributed by atoms with Crippen LogP contribution in [0.25, 0.3) is 5.69 Å². The number of likely N-dealkylation sites (N-methyl/N-ethyl adjacent to an activating group) is 2. The lowest BCUT2D eigenvalue weighted by Crippen LogP contribution is -2.33. The number of hydrogen-bond donors (Lipinski definition) is 1. The van der Waals surface area contributed by atoms with Crippen molar-refractivity contribution >= 4 is 5.91 Å². The fourth-order valence-electron chi connectivity index (χ4n) is 2.34. The number of benzene rings is 1. The maximum atomic E-state index is 12.6. The van der Waals surface area contributed by atoms with Crippen LogP contribution in [0, 0.1) is 13.8 Å². The van der Waals surface area contributed by atoms with E-state index in [-0.39, 0.29) is 5.91 Å². The number of amides is 1. The standard InChI is InChI=1S/C16H22N4O/c1-12-15(16(21)19(4)11-10-17-3)13(2)20(18-12)14-8-6-5-7-9-14/h5-9,17H,10-11H2,1-4H3.